The van der Waals surface area contributed by atoms with Crippen LogP contribution >= 0.6 is 15.9 Å². The summed E-state index contributed by atoms with van der Waals surface area (Å²) in [7, 11) is -3.65. The number of carbonyl (C=O) groups is 1. The van der Waals surface area contributed by atoms with Crippen LogP contribution in [0.2, 0.25) is 0 Å². The summed E-state index contributed by atoms with van der Waals surface area (Å²) in [5.74, 6) is 0.531. The number of sulfonamides is 1. The Morgan fingerprint density at radius 1 is 1.17 bits per heavy atom. The monoisotopic (exact) mass is 478 g/mol. The number of amides is 1. The van der Waals surface area contributed by atoms with Gasteiger partial charge in [0.15, 0.2) is 0 Å². The van der Waals surface area contributed by atoms with Crippen LogP contribution in [0.4, 0.5) is 0 Å². The van der Waals surface area contributed by atoms with E-state index in [2.05, 4.69) is 35.5 Å². The van der Waals surface area contributed by atoms with Gasteiger partial charge in [0.2, 0.25) is 15.9 Å². The minimum absolute atomic E-state index is 0.0150. The topological polar surface area (TPSA) is 93.1 Å². The van der Waals surface area contributed by atoms with E-state index in [0.29, 0.717) is 0 Å². The average molecular weight is 479 g/mol. The number of nitrogens with one attached hydrogen (secondary N) is 2. The van der Waals surface area contributed by atoms with Crippen molar-refractivity contribution in [3.63, 3.8) is 0 Å². The van der Waals surface area contributed by atoms with E-state index in [9.17, 15) is 13.2 Å². The summed E-state index contributed by atoms with van der Waals surface area (Å²) >= 11 is 3.27. The summed E-state index contributed by atoms with van der Waals surface area (Å²) in [6, 6.07) is 13.9. The van der Waals surface area contributed by atoms with Gasteiger partial charge in [0.25, 0.3) is 0 Å². The van der Waals surface area contributed by atoms with Crippen molar-refractivity contribution in [2.45, 2.75) is 37.8 Å². The molecule has 154 valence electrons. The number of imidazole rings is 1. The summed E-state index contributed by atoms with van der Waals surface area (Å²) in [5, 5.41) is 2.90. The van der Waals surface area contributed by atoms with Gasteiger partial charge in [-0.2, -0.15) is 0 Å². The van der Waals surface area contributed by atoms with Crippen molar-refractivity contribution in [1.82, 2.24) is 19.6 Å². The number of fused-ring (bicyclic) bond motifs is 1. The van der Waals surface area contributed by atoms with Crippen LogP contribution in [0.3, 0.4) is 0 Å². The first-order valence-corrected chi connectivity index (χ1v) is 11.6. The van der Waals surface area contributed by atoms with E-state index < -0.39 is 10.0 Å². The molecular formula is C20H23BrN4O3S. The Kier molecular flexibility index (Phi) is 6.71. The molecule has 1 aromatic heterocycles. The fourth-order valence-corrected chi connectivity index (χ4v) is 4.43. The van der Waals surface area contributed by atoms with Crippen molar-refractivity contribution in [3.8, 4) is 0 Å². The van der Waals surface area contributed by atoms with Crippen LogP contribution in [0, 0.1) is 0 Å². The molecule has 1 atom stereocenters. The van der Waals surface area contributed by atoms with Crippen molar-refractivity contribution >= 4 is 42.9 Å². The summed E-state index contributed by atoms with van der Waals surface area (Å²) in [5.41, 5.74) is 1.90. The molecule has 1 unspecified atom stereocenters. The SMILES string of the molecule is CCn1c(C(C)NC(=O)CCNS(=O)(=O)c2ccc(Br)cc2)nc2ccccc21. The maximum Gasteiger partial charge on any atom is 0.240 e. The maximum atomic E-state index is 12.3. The molecule has 1 heterocycles. The van der Waals surface area contributed by atoms with E-state index in [0.717, 1.165) is 27.9 Å². The number of hydrogen-bond donors (Lipinski definition) is 2. The quantitative estimate of drug-likeness (QED) is 0.518. The van der Waals surface area contributed by atoms with Crippen molar-refractivity contribution in [2.75, 3.05) is 6.54 Å². The second-order valence-corrected chi connectivity index (χ2v) is 9.28. The predicted octanol–water partition coefficient (Wildman–Crippen LogP) is 3.36. The molecule has 0 aliphatic carbocycles. The predicted molar refractivity (Wildman–Crippen MR) is 116 cm³/mol. The number of rotatable bonds is 8. The van der Waals surface area contributed by atoms with Crippen molar-refractivity contribution in [2.24, 2.45) is 0 Å². The van der Waals surface area contributed by atoms with Gasteiger partial charge in [-0.3, -0.25) is 4.79 Å². The molecule has 3 rings (SSSR count). The first-order valence-electron chi connectivity index (χ1n) is 9.31. The van der Waals surface area contributed by atoms with Crippen LogP contribution in [0.1, 0.15) is 32.1 Å². The van der Waals surface area contributed by atoms with E-state index in [1.165, 1.54) is 12.1 Å². The highest BCUT2D eigenvalue weighted by Gasteiger charge is 2.18. The van der Waals surface area contributed by atoms with E-state index in [1.807, 2.05) is 38.1 Å². The van der Waals surface area contributed by atoms with Gasteiger partial charge in [0.1, 0.15) is 5.82 Å². The fourth-order valence-electron chi connectivity index (χ4n) is 3.13. The minimum Gasteiger partial charge on any atom is -0.346 e. The first kappa shape index (κ1) is 21.5. The molecule has 0 saturated carbocycles. The van der Waals surface area contributed by atoms with Crippen molar-refractivity contribution in [3.05, 3.63) is 58.8 Å². The van der Waals surface area contributed by atoms with E-state index in [4.69, 9.17) is 0 Å². The van der Waals surface area contributed by atoms with Gasteiger partial charge in [0.05, 0.1) is 22.0 Å². The number of aryl methyl sites for hydroxylation is 1. The van der Waals surface area contributed by atoms with Crippen LogP contribution < -0.4 is 10.0 Å². The second kappa shape index (κ2) is 9.06. The highest BCUT2D eigenvalue weighted by molar-refractivity contribution is 9.10. The Morgan fingerprint density at radius 3 is 2.55 bits per heavy atom. The smallest absolute Gasteiger partial charge is 0.240 e. The fraction of sp³-hybridized carbons (Fsp3) is 0.300. The second-order valence-electron chi connectivity index (χ2n) is 6.59. The normalized spacial score (nSPS) is 12.8. The lowest BCUT2D eigenvalue weighted by atomic mass is 10.3. The number of para-hydroxylation sites is 2. The molecule has 1 amide bonds. The molecule has 7 nitrogen and oxygen atoms in total. The van der Waals surface area contributed by atoms with Crippen LogP contribution in [-0.2, 0) is 21.4 Å². The molecule has 9 heteroatoms. The Labute approximate surface area is 178 Å². The van der Waals surface area contributed by atoms with Gasteiger partial charge in [-0.05, 0) is 50.2 Å². The van der Waals surface area contributed by atoms with Crippen molar-refractivity contribution < 1.29 is 13.2 Å². The minimum atomic E-state index is -3.65. The Morgan fingerprint density at radius 2 is 1.86 bits per heavy atom. The zero-order valence-corrected chi connectivity index (χ0v) is 18.6. The first-order chi connectivity index (χ1) is 13.8. The molecule has 0 aliphatic rings. The number of nitrogens with zero attached hydrogens (tertiary/aromatic N) is 2. The molecule has 0 bridgehead atoms. The summed E-state index contributed by atoms with van der Waals surface area (Å²) < 4.78 is 29.9. The third-order valence-electron chi connectivity index (χ3n) is 4.53. The van der Waals surface area contributed by atoms with Gasteiger partial charge < -0.3 is 9.88 Å². The lowest BCUT2D eigenvalue weighted by molar-refractivity contribution is -0.121. The van der Waals surface area contributed by atoms with Crippen LogP contribution in [0.25, 0.3) is 11.0 Å². The standard InChI is InChI=1S/C20H23BrN4O3S/c1-3-25-18-7-5-4-6-17(18)24-20(25)14(2)23-19(26)12-13-22-29(27,28)16-10-8-15(21)9-11-16/h4-11,14,22H,3,12-13H2,1-2H3,(H,23,26). The maximum absolute atomic E-state index is 12.3. The van der Waals surface area contributed by atoms with E-state index in [1.54, 1.807) is 12.1 Å². The molecule has 0 aliphatic heterocycles. The molecule has 0 radical (unpaired) electrons. The lowest BCUT2D eigenvalue weighted by Gasteiger charge is -2.15. The third kappa shape index (κ3) is 5.04. The molecule has 0 spiro atoms. The highest BCUT2D eigenvalue weighted by Crippen LogP contribution is 2.20. The molecule has 0 saturated heterocycles. The zero-order valence-electron chi connectivity index (χ0n) is 16.2. The van der Waals surface area contributed by atoms with Crippen LogP contribution in [0.15, 0.2) is 57.9 Å². The lowest BCUT2D eigenvalue weighted by Crippen LogP contribution is -2.33. The Balaban J connectivity index is 1.59. The summed E-state index contributed by atoms with van der Waals surface area (Å²) in [6.07, 6.45) is 0.0342. The largest absolute Gasteiger partial charge is 0.346 e. The van der Waals surface area contributed by atoms with Crippen molar-refractivity contribution in [1.29, 1.82) is 0 Å². The van der Waals surface area contributed by atoms with Gasteiger partial charge in [-0.25, -0.2) is 18.1 Å². The Hall–Kier alpha value is -2.23. The van der Waals surface area contributed by atoms with E-state index >= 15 is 0 Å². The molecule has 3 aromatic rings. The number of carbonyl (C=O) groups excluding carboxylic acids is 1. The number of halogens is 1. The number of benzene rings is 2. The number of hydrogen-bond acceptors (Lipinski definition) is 4. The van der Waals surface area contributed by atoms with Gasteiger partial charge in [-0.1, -0.05) is 28.1 Å². The summed E-state index contributed by atoms with van der Waals surface area (Å²) in [4.78, 5) is 17.1. The average Bonchev–Trinajstić information content (AvgIpc) is 3.07. The molecule has 29 heavy (non-hydrogen) atoms. The molecular weight excluding hydrogens is 456 g/mol. The Bertz CT molecular complexity index is 1110. The van der Waals surface area contributed by atoms with Crippen LogP contribution in [0.5, 0.6) is 0 Å². The highest BCUT2D eigenvalue weighted by atomic mass is 79.9. The molecule has 0 fully saturated rings. The number of aromatic nitrogens is 2. The van der Waals surface area contributed by atoms with E-state index in [-0.39, 0.29) is 29.8 Å². The van der Waals surface area contributed by atoms with Gasteiger partial charge in [-0.15, -0.1) is 0 Å². The van der Waals surface area contributed by atoms with Crippen LogP contribution in [-0.4, -0.2) is 30.4 Å². The summed E-state index contributed by atoms with van der Waals surface area (Å²) in [6.45, 7) is 4.66. The van der Waals surface area contributed by atoms with Gasteiger partial charge in [0, 0.05) is 24.0 Å². The third-order valence-corrected chi connectivity index (χ3v) is 6.54. The zero-order chi connectivity index (χ0) is 21.0. The molecule has 2 aromatic carbocycles. The molecule has 2 N–H and O–H groups in total. The van der Waals surface area contributed by atoms with Gasteiger partial charge >= 0.3 is 0 Å².